The minimum absolute atomic E-state index is 0.0331. The Bertz CT molecular complexity index is 902. The minimum Gasteiger partial charge on any atom is -0.494 e. The van der Waals surface area contributed by atoms with Gasteiger partial charge in [0.1, 0.15) is 17.2 Å². The Morgan fingerprint density at radius 1 is 1.03 bits per heavy atom. The molecule has 2 amide bonds. The van der Waals surface area contributed by atoms with Crippen molar-refractivity contribution in [2.45, 2.75) is 20.8 Å². The van der Waals surface area contributed by atoms with Crippen molar-refractivity contribution in [3.05, 3.63) is 52.4 Å². The molecule has 1 N–H and O–H groups in total. The van der Waals surface area contributed by atoms with Gasteiger partial charge in [-0.3, -0.25) is 14.4 Å². The highest BCUT2D eigenvalue weighted by molar-refractivity contribution is 5.97. The summed E-state index contributed by atoms with van der Waals surface area (Å²) in [5.74, 6) is 0.514. The Kier molecular flexibility index (Phi) is 7.82. The van der Waals surface area contributed by atoms with Gasteiger partial charge in [0.15, 0.2) is 6.61 Å². The minimum atomic E-state index is -0.497. The highest BCUT2D eigenvalue weighted by atomic mass is 16.5. The van der Waals surface area contributed by atoms with Gasteiger partial charge in [-0.2, -0.15) is 0 Å². The fourth-order valence-corrected chi connectivity index (χ4v) is 2.75. The van der Waals surface area contributed by atoms with Crippen LogP contribution in [0.5, 0.6) is 11.5 Å². The number of carbonyl (C=O) groups is 2. The number of aryl methyl sites for hydroxylation is 1. The van der Waals surface area contributed by atoms with Gasteiger partial charge < -0.3 is 24.3 Å². The standard InChI is InChI=1S/C21H27N3O5/c1-5-24(6-2)20(26)15-12-18(21(27)23(4)13-15)22-19(25)14-29-17-10-8-16(9-11-17)28-7-3/h8-13H,5-7,14H2,1-4H3,(H,22,25). The number of anilines is 1. The molecule has 2 aromatic rings. The van der Waals surface area contributed by atoms with Crippen molar-refractivity contribution in [3.63, 3.8) is 0 Å². The molecule has 8 heteroatoms. The van der Waals surface area contributed by atoms with Crippen molar-refractivity contribution in [1.29, 1.82) is 0 Å². The SMILES string of the molecule is CCOc1ccc(OCC(=O)Nc2cc(C(=O)N(CC)CC)cn(C)c2=O)cc1. The van der Waals surface area contributed by atoms with E-state index in [4.69, 9.17) is 9.47 Å². The first-order valence-electron chi connectivity index (χ1n) is 9.55. The lowest BCUT2D eigenvalue weighted by Gasteiger charge is -2.19. The molecule has 0 bridgehead atoms. The maximum absolute atomic E-state index is 12.6. The van der Waals surface area contributed by atoms with Crippen molar-refractivity contribution in [3.8, 4) is 11.5 Å². The van der Waals surface area contributed by atoms with Crippen molar-refractivity contribution in [1.82, 2.24) is 9.47 Å². The predicted molar refractivity (Wildman–Crippen MR) is 111 cm³/mol. The molecule has 8 nitrogen and oxygen atoms in total. The molecule has 0 aliphatic carbocycles. The molecule has 0 aliphatic heterocycles. The molecule has 0 fully saturated rings. The molecule has 1 heterocycles. The van der Waals surface area contributed by atoms with Crippen LogP contribution in [-0.4, -0.2) is 47.6 Å². The Morgan fingerprint density at radius 2 is 1.62 bits per heavy atom. The van der Waals surface area contributed by atoms with Crippen molar-refractivity contribution in [2.75, 3.05) is 31.6 Å². The number of aromatic nitrogens is 1. The first-order valence-corrected chi connectivity index (χ1v) is 9.55. The fourth-order valence-electron chi connectivity index (χ4n) is 2.75. The lowest BCUT2D eigenvalue weighted by atomic mass is 10.2. The molecule has 1 aromatic carbocycles. The van der Waals surface area contributed by atoms with Gasteiger partial charge in [-0.25, -0.2) is 0 Å². The topological polar surface area (TPSA) is 89.9 Å². The highest BCUT2D eigenvalue weighted by Gasteiger charge is 2.17. The fraction of sp³-hybridized carbons (Fsp3) is 0.381. The summed E-state index contributed by atoms with van der Waals surface area (Å²) in [4.78, 5) is 38.8. The van der Waals surface area contributed by atoms with Gasteiger partial charge in [-0.1, -0.05) is 0 Å². The lowest BCUT2D eigenvalue weighted by Crippen LogP contribution is -2.33. The molecule has 0 unspecified atom stereocenters. The van der Waals surface area contributed by atoms with Crippen molar-refractivity contribution < 1.29 is 19.1 Å². The van der Waals surface area contributed by atoms with Gasteiger partial charge in [0, 0.05) is 26.3 Å². The van der Waals surface area contributed by atoms with Crippen LogP contribution in [0.3, 0.4) is 0 Å². The first-order chi connectivity index (χ1) is 13.9. The molecular formula is C21H27N3O5. The number of amides is 2. The molecule has 156 valence electrons. The average Bonchev–Trinajstić information content (AvgIpc) is 2.71. The lowest BCUT2D eigenvalue weighted by molar-refractivity contribution is -0.118. The van der Waals surface area contributed by atoms with E-state index in [1.54, 1.807) is 29.2 Å². The zero-order valence-electron chi connectivity index (χ0n) is 17.2. The summed E-state index contributed by atoms with van der Waals surface area (Å²) >= 11 is 0. The van der Waals surface area contributed by atoms with Crippen LogP contribution in [0.4, 0.5) is 5.69 Å². The number of rotatable bonds is 9. The monoisotopic (exact) mass is 401 g/mol. The van der Waals surface area contributed by atoms with E-state index in [1.807, 2.05) is 20.8 Å². The quantitative estimate of drug-likeness (QED) is 0.696. The Hall–Kier alpha value is -3.29. The second kappa shape index (κ2) is 10.3. The summed E-state index contributed by atoms with van der Waals surface area (Å²) in [7, 11) is 1.54. The Morgan fingerprint density at radius 3 is 2.17 bits per heavy atom. The van der Waals surface area contributed by atoms with Crippen LogP contribution in [0, 0.1) is 0 Å². The number of carbonyl (C=O) groups excluding carboxylic acids is 2. The van der Waals surface area contributed by atoms with Crippen LogP contribution in [0.1, 0.15) is 31.1 Å². The number of benzene rings is 1. The van der Waals surface area contributed by atoms with E-state index in [9.17, 15) is 14.4 Å². The number of nitrogens with zero attached hydrogens (tertiary/aromatic N) is 2. The van der Waals surface area contributed by atoms with E-state index in [0.29, 0.717) is 36.8 Å². The zero-order chi connectivity index (χ0) is 21.4. The molecule has 0 atom stereocenters. The van der Waals surface area contributed by atoms with E-state index in [2.05, 4.69) is 5.32 Å². The Labute approximate surface area is 170 Å². The zero-order valence-corrected chi connectivity index (χ0v) is 17.2. The third-order valence-corrected chi connectivity index (χ3v) is 4.26. The number of hydrogen-bond acceptors (Lipinski definition) is 5. The number of hydrogen-bond donors (Lipinski definition) is 1. The normalized spacial score (nSPS) is 10.3. The largest absolute Gasteiger partial charge is 0.494 e. The van der Waals surface area contributed by atoms with Crippen LogP contribution < -0.4 is 20.3 Å². The van der Waals surface area contributed by atoms with E-state index < -0.39 is 11.5 Å². The summed E-state index contributed by atoms with van der Waals surface area (Å²) in [6, 6.07) is 8.28. The molecule has 0 aliphatic rings. The number of nitrogens with one attached hydrogen (secondary N) is 1. The third kappa shape index (κ3) is 5.84. The molecule has 0 spiro atoms. The molecule has 1 aromatic heterocycles. The van der Waals surface area contributed by atoms with Crippen molar-refractivity contribution >= 4 is 17.5 Å². The molecular weight excluding hydrogens is 374 g/mol. The summed E-state index contributed by atoms with van der Waals surface area (Å²) in [5, 5.41) is 2.53. The highest BCUT2D eigenvalue weighted by Crippen LogP contribution is 2.17. The maximum Gasteiger partial charge on any atom is 0.274 e. The number of ether oxygens (including phenoxy) is 2. The summed E-state index contributed by atoms with van der Waals surface area (Å²) in [6.07, 6.45) is 1.47. The van der Waals surface area contributed by atoms with Gasteiger partial charge in [-0.15, -0.1) is 0 Å². The summed E-state index contributed by atoms with van der Waals surface area (Å²) in [5.41, 5.74) is -0.0418. The molecule has 0 saturated heterocycles. The smallest absolute Gasteiger partial charge is 0.274 e. The predicted octanol–water partition coefficient (Wildman–Crippen LogP) is 2.28. The maximum atomic E-state index is 12.6. The number of pyridine rings is 1. The van der Waals surface area contributed by atoms with E-state index in [0.717, 1.165) is 0 Å². The second-order valence-corrected chi connectivity index (χ2v) is 6.28. The molecule has 0 radical (unpaired) electrons. The Balaban J connectivity index is 2.07. The second-order valence-electron chi connectivity index (χ2n) is 6.28. The third-order valence-electron chi connectivity index (χ3n) is 4.26. The van der Waals surface area contributed by atoms with Crippen LogP contribution in [0.25, 0.3) is 0 Å². The van der Waals surface area contributed by atoms with E-state index >= 15 is 0 Å². The van der Waals surface area contributed by atoms with Gasteiger partial charge in [-0.05, 0) is 51.1 Å². The van der Waals surface area contributed by atoms with Crippen LogP contribution >= 0.6 is 0 Å². The van der Waals surface area contributed by atoms with Gasteiger partial charge in [0.05, 0.1) is 12.2 Å². The molecule has 2 rings (SSSR count). The van der Waals surface area contributed by atoms with Crippen LogP contribution in [-0.2, 0) is 11.8 Å². The summed E-state index contributed by atoms with van der Waals surface area (Å²) < 4.78 is 12.1. The van der Waals surface area contributed by atoms with E-state index in [1.165, 1.54) is 23.9 Å². The first kappa shape index (κ1) is 22.0. The summed E-state index contributed by atoms with van der Waals surface area (Å²) in [6.45, 7) is 7.04. The van der Waals surface area contributed by atoms with Gasteiger partial charge >= 0.3 is 0 Å². The van der Waals surface area contributed by atoms with E-state index in [-0.39, 0.29) is 18.2 Å². The van der Waals surface area contributed by atoms with Gasteiger partial charge in [0.2, 0.25) is 0 Å². The van der Waals surface area contributed by atoms with Crippen molar-refractivity contribution in [2.24, 2.45) is 7.05 Å². The van der Waals surface area contributed by atoms with Crippen LogP contribution in [0.2, 0.25) is 0 Å². The molecule has 0 saturated carbocycles. The molecule has 29 heavy (non-hydrogen) atoms. The van der Waals surface area contributed by atoms with Gasteiger partial charge in [0.25, 0.3) is 17.4 Å². The van der Waals surface area contributed by atoms with Crippen LogP contribution in [0.15, 0.2) is 41.3 Å². The average molecular weight is 401 g/mol.